The van der Waals surface area contributed by atoms with E-state index < -0.39 is 23.4 Å². The fourth-order valence-corrected chi connectivity index (χ4v) is 2.13. The summed E-state index contributed by atoms with van der Waals surface area (Å²) >= 11 is 0. The molecule has 0 spiro atoms. The lowest BCUT2D eigenvalue weighted by Gasteiger charge is -2.24. The zero-order chi connectivity index (χ0) is 18.4. The van der Waals surface area contributed by atoms with Gasteiger partial charge < -0.3 is 4.84 Å². The van der Waals surface area contributed by atoms with E-state index in [9.17, 15) is 22.8 Å². The topological polar surface area (TPSA) is 46.6 Å². The van der Waals surface area contributed by atoms with Crippen molar-refractivity contribution in [1.82, 2.24) is 0 Å². The highest BCUT2D eigenvalue weighted by Gasteiger charge is 2.41. The molecule has 0 radical (unpaired) electrons. The molecule has 0 aliphatic heterocycles. The number of benzene rings is 2. The largest absolute Gasteiger partial charge is 0.454 e. The molecule has 132 valence electrons. The Balaban J connectivity index is 2.47. The van der Waals surface area contributed by atoms with Gasteiger partial charge in [0.15, 0.2) is 5.75 Å². The van der Waals surface area contributed by atoms with E-state index >= 15 is 0 Å². The summed E-state index contributed by atoms with van der Waals surface area (Å²) in [6, 6.07) is 13.2. The maximum absolute atomic E-state index is 12.9. The lowest BCUT2D eigenvalue weighted by atomic mass is 10.1. The molecule has 0 fully saturated rings. The van der Waals surface area contributed by atoms with Crippen LogP contribution in [0.1, 0.15) is 30.1 Å². The molecule has 7 heteroatoms. The zero-order valence-corrected chi connectivity index (χ0v) is 13.4. The molecule has 0 heterocycles. The van der Waals surface area contributed by atoms with Gasteiger partial charge in [0.05, 0.1) is 11.3 Å². The molecule has 0 N–H and O–H groups in total. The van der Waals surface area contributed by atoms with Crippen molar-refractivity contribution in [2.24, 2.45) is 0 Å². The first kappa shape index (κ1) is 18.5. The normalized spacial score (nSPS) is 11.0. The Morgan fingerprint density at radius 2 is 1.60 bits per heavy atom. The number of halogens is 3. The van der Waals surface area contributed by atoms with Gasteiger partial charge in [-0.15, -0.1) is 5.06 Å². The van der Waals surface area contributed by atoms with E-state index in [-0.39, 0.29) is 17.9 Å². The van der Waals surface area contributed by atoms with Crippen molar-refractivity contribution in [3.63, 3.8) is 0 Å². The number of rotatable bonds is 6. The molecule has 0 saturated heterocycles. The molecule has 25 heavy (non-hydrogen) atoms. The van der Waals surface area contributed by atoms with Crippen molar-refractivity contribution in [3.8, 4) is 5.75 Å². The van der Waals surface area contributed by atoms with Crippen LogP contribution in [0.25, 0.3) is 0 Å². The summed E-state index contributed by atoms with van der Waals surface area (Å²) in [6.07, 6.45) is -4.52. The second-order valence-electron chi connectivity index (χ2n) is 5.19. The molecule has 0 unspecified atom stereocenters. The smallest absolute Gasteiger partial charge is 0.372 e. The van der Waals surface area contributed by atoms with Crippen LogP contribution < -0.4 is 9.90 Å². The van der Waals surface area contributed by atoms with Gasteiger partial charge in [0.25, 0.3) is 11.7 Å². The number of anilines is 1. The maximum atomic E-state index is 12.9. The maximum Gasteiger partial charge on any atom is 0.454 e. The summed E-state index contributed by atoms with van der Waals surface area (Å²) in [7, 11) is 0. The van der Waals surface area contributed by atoms with Crippen LogP contribution in [-0.2, 0) is 4.79 Å². The molecule has 4 nitrogen and oxygen atoms in total. The van der Waals surface area contributed by atoms with Crippen LogP contribution in [0.2, 0.25) is 0 Å². The van der Waals surface area contributed by atoms with E-state index in [2.05, 4.69) is 0 Å². The van der Waals surface area contributed by atoms with Gasteiger partial charge in [-0.25, -0.2) is 0 Å². The average molecular weight is 351 g/mol. The summed E-state index contributed by atoms with van der Waals surface area (Å²) in [5.74, 6) is -2.32. The number of ketones is 1. The van der Waals surface area contributed by atoms with Crippen LogP contribution in [0.4, 0.5) is 18.9 Å². The van der Waals surface area contributed by atoms with E-state index in [1.165, 1.54) is 18.2 Å². The number of amides is 1. The van der Waals surface area contributed by atoms with Crippen molar-refractivity contribution in [2.45, 2.75) is 25.9 Å². The molecule has 0 bridgehead atoms. The molecule has 0 atom stereocenters. The van der Waals surface area contributed by atoms with Gasteiger partial charge in [-0.1, -0.05) is 37.3 Å². The predicted octanol–water partition coefficient (Wildman–Crippen LogP) is 4.56. The first-order valence-corrected chi connectivity index (χ1v) is 7.61. The summed E-state index contributed by atoms with van der Waals surface area (Å²) in [5.41, 5.74) is -0.887. The lowest BCUT2D eigenvalue weighted by molar-refractivity contribution is -0.122. The van der Waals surface area contributed by atoms with Crippen molar-refractivity contribution in [2.75, 3.05) is 5.06 Å². The highest BCUT2D eigenvalue weighted by molar-refractivity contribution is 6.07. The Morgan fingerprint density at radius 1 is 1.00 bits per heavy atom. The molecular weight excluding hydrogens is 335 g/mol. The Bertz CT molecular complexity index is 745. The Hall–Kier alpha value is -2.83. The fourth-order valence-electron chi connectivity index (χ4n) is 2.13. The minimum Gasteiger partial charge on any atom is -0.372 e. The molecule has 1 amide bonds. The summed E-state index contributed by atoms with van der Waals surface area (Å²) < 4.78 is 38.6. The number of hydroxylamine groups is 1. The molecule has 0 aliphatic carbocycles. The van der Waals surface area contributed by atoms with Gasteiger partial charge >= 0.3 is 6.18 Å². The molecular formula is C18H16F3NO3. The molecule has 2 aromatic rings. The third-order valence-electron chi connectivity index (χ3n) is 3.26. The van der Waals surface area contributed by atoms with E-state index in [1.807, 2.05) is 0 Å². The summed E-state index contributed by atoms with van der Waals surface area (Å²) in [6.45, 7) is 1.76. The number of alkyl halides is 3. The highest BCUT2D eigenvalue weighted by atomic mass is 19.4. The quantitative estimate of drug-likeness (QED) is 0.566. The Morgan fingerprint density at radius 3 is 2.20 bits per heavy atom. The van der Waals surface area contributed by atoms with Gasteiger partial charge in [-0.05, 0) is 30.7 Å². The minimum atomic E-state index is -5.05. The van der Waals surface area contributed by atoms with Crippen LogP contribution in [-0.4, -0.2) is 17.9 Å². The molecule has 0 saturated carbocycles. The first-order valence-electron chi connectivity index (χ1n) is 7.61. The van der Waals surface area contributed by atoms with Gasteiger partial charge in [0.2, 0.25) is 0 Å². The number of hydrogen-bond donors (Lipinski definition) is 0. The standard InChI is InChI=1S/C18H16F3NO3/c1-2-8-16(23)22(25-13-9-4-3-5-10-13)15-12-7-6-11-14(15)17(24)18(19,20)21/h3-7,9-12H,2,8H2,1H3. The third kappa shape index (κ3) is 4.59. The van der Waals surface area contributed by atoms with Gasteiger partial charge in [0.1, 0.15) is 0 Å². The summed E-state index contributed by atoms with van der Waals surface area (Å²) in [4.78, 5) is 29.6. The molecule has 0 aliphatic rings. The number of nitrogens with zero attached hydrogens (tertiary/aromatic N) is 1. The van der Waals surface area contributed by atoms with Crippen LogP contribution in [0, 0.1) is 0 Å². The monoisotopic (exact) mass is 351 g/mol. The number of hydrogen-bond acceptors (Lipinski definition) is 3. The predicted molar refractivity (Wildman–Crippen MR) is 86.3 cm³/mol. The molecule has 0 aromatic heterocycles. The second kappa shape index (κ2) is 7.83. The van der Waals surface area contributed by atoms with Crippen molar-refractivity contribution < 1.29 is 27.6 Å². The lowest BCUT2D eigenvalue weighted by Crippen LogP contribution is -2.36. The van der Waals surface area contributed by atoms with E-state index in [4.69, 9.17) is 4.84 Å². The van der Waals surface area contributed by atoms with E-state index in [1.54, 1.807) is 37.3 Å². The number of carbonyl (C=O) groups is 2. The number of carbonyl (C=O) groups excluding carboxylic acids is 2. The van der Waals surface area contributed by atoms with Gasteiger partial charge in [0, 0.05) is 6.42 Å². The zero-order valence-electron chi connectivity index (χ0n) is 13.4. The van der Waals surface area contributed by atoms with E-state index in [0.29, 0.717) is 6.42 Å². The second-order valence-corrected chi connectivity index (χ2v) is 5.19. The molecule has 2 aromatic carbocycles. The first-order chi connectivity index (χ1) is 11.8. The van der Waals surface area contributed by atoms with Crippen LogP contribution in [0.5, 0.6) is 5.75 Å². The van der Waals surface area contributed by atoms with Crippen LogP contribution >= 0.6 is 0 Å². The third-order valence-corrected chi connectivity index (χ3v) is 3.26. The SMILES string of the molecule is CCCC(=O)N(Oc1ccccc1)c1ccccc1C(=O)C(F)(F)F. The minimum absolute atomic E-state index is 0.0569. The number of para-hydroxylation sites is 2. The summed E-state index contributed by atoms with van der Waals surface area (Å²) in [5, 5.41) is 0.748. The van der Waals surface area contributed by atoms with E-state index in [0.717, 1.165) is 11.1 Å². The van der Waals surface area contributed by atoms with Gasteiger partial charge in [-0.2, -0.15) is 13.2 Å². The Labute approximate surface area is 142 Å². The average Bonchev–Trinajstić information content (AvgIpc) is 2.59. The van der Waals surface area contributed by atoms with Crippen molar-refractivity contribution in [3.05, 3.63) is 60.2 Å². The van der Waals surface area contributed by atoms with Gasteiger partial charge in [-0.3, -0.25) is 9.59 Å². The van der Waals surface area contributed by atoms with Crippen molar-refractivity contribution in [1.29, 1.82) is 0 Å². The van der Waals surface area contributed by atoms with Crippen LogP contribution in [0.3, 0.4) is 0 Å². The van der Waals surface area contributed by atoms with Crippen LogP contribution in [0.15, 0.2) is 54.6 Å². The number of Topliss-reactive ketones (excluding diaryl/α,β-unsaturated/α-hetero) is 1. The fraction of sp³-hybridized carbons (Fsp3) is 0.222. The molecule has 2 rings (SSSR count). The Kier molecular flexibility index (Phi) is 5.80. The van der Waals surface area contributed by atoms with Crippen molar-refractivity contribution >= 4 is 17.4 Å². The highest BCUT2D eigenvalue weighted by Crippen LogP contribution is 2.30.